The van der Waals surface area contributed by atoms with Crippen LogP contribution in [-0.2, 0) is 4.74 Å². The van der Waals surface area contributed by atoms with Crippen molar-refractivity contribution in [2.24, 2.45) is 0 Å². The van der Waals surface area contributed by atoms with Crippen LogP contribution in [0, 0.1) is 0 Å². The molecule has 1 aromatic rings. The van der Waals surface area contributed by atoms with Gasteiger partial charge in [-0.2, -0.15) is 0 Å². The Kier molecular flexibility index (Phi) is 5.11. The van der Waals surface area contributed by atoms with Gasteiger partial charge in [0.15, 0.2) is 0 Å². The molecule has 19 heavy (non-hydrogen) atoms. The van der Waals surface area contributed by atoms with Gasteiger partial charge < -0.3 is 15.4 Å². The predicted molar refractivity (Wildman–Crippen MR) is 73.4 cm³/mol. The van der Waals surface area contributed by atoms with Gasteiger partial charge in [0, 0.05) is 51.2 Å². The summed E-state index contributed by atoms with van der Waals surface area (Å²) in [5, 5.41) is 6.63. The lowest BCUT2D eigenvalue weighted by molar-refractivity contribution is 0.0594. The lowest BCUT2D eigenvalue weighted by Crippen LogP contribution is -2.45. The molecule has 0 amide bonds. The normalized spacial score (nSPS) is 16.1. The summed E-state index contributed by atoms with van der Waals surface area (Å²) in [5.74, 6) is -0.411. The average molecular weight is 264 g/mol. The van der Waals surface area contributed by atoms with E-state index in [-0.39, 0.29) is 0 Å². The monoisotopic (exact) mass is 264 g/mol. The summed E-state index contributed by atoms with van der Waals surface area (Å²) in [6, 6.07) is 3.56. The van der Waals surface area contributed by atoms with Crippen LogP contribution in [-0.4, -0.2) is 62.2 Å². The standard InChI is InChI=1S/C13H20N4O2/c1-19-13(18)12-10-11(2-3-16-12)15-6-9-17-7-4-14-5-8-17/h2-3,10,14H,4-9H2,1H3,(H,15,16). The van der Waals surface area contributed by atoms with E-state index in [1.165, 1.54) is 7.11 Å². The third-order valence-electron chi connectivity index (χ3n) is 3.12. The molecule has 104 valence electrons. The molecular weight excluding hydrogens is 244 g/mol. The summed E-state index contributed by atoms with van der Waals surface area (Å²) in [5.41, 5.74) is 1.22. The van der Waals surface area contributed by atoms with Crippen LogP contribution in [0.25, 0.3) is 0 Å². The molecule has 0 spiro atoms. The number of ether oxygens (including phenoxy) is 1. The van der Waals surface area contributed by atoms with E-state index < -0.39 is 5.97 Å². The van der Waals surface area contributed by atoms with E-state index in [9.17, 15) is 4.79 Å². The number of carbonyl (C=O) groups is 1. The topological polar surface area (TPSA) is 66.5 Å². The molecule has 1 saturated heterocycles. The molecule has 0 aliphatic carbocycles. The molecular formula is C13H20N4O2. The Balaban J connectivity index is 1.80. The van der Waals surface area contributed by atoms with Crippen molar-refractivity contribution < 1.29 is 9.53 Å². The molecule has 2 heterocycles. The van der Waals surface area contributed by atoms with Crippen LogP contribution in [0.3, 0.4) is 0 Å². The Hall–Kier alpha value is -1.66. The summed E-state index contributed by atoms with van der Waals surface area (Å²) >= 11 is 0. The van der Waals surface area contributed by atoms with Gasteiger partial charge in [-0.25, -0.2) is 9.78 Å². The van der Waals surface area contributed by atoms with Crippen molar-refractivity contribution in [3.05, 3.63) is 24.0 Å². The van der Waals surface area contributed by atoms with Crippen LogP contribution in [0.4, 0.5) is 5.69 Å². The molecule has 1 aliphatic heterocycles. The fourth-order valence-electron chi connectivity index (χ4n) is 2.05. The molecule has 1 aromatic heterocycles. The first-order valence-corrected chi connectivity index (χ1v) is 6.51. The summed E-state index contributed by atoms with van der Waals surface area (Å²) in [6.07, 6.45) is 1.61. The number of hydrogen-bond acceptors (Lipinski definition) is 6. The van der Waals surface area contributed by atoms with Crippen molar-refractivity contribution in [1.29, 1.82) is 0 Å². The van der Waals surface area contributed by atoms with E-state index in [2.05, 4.69) is 25.3 Å². The predicted octanol–water partition coefficient (Wildman–Crippen LogP) is 0.185. The van der Waals surface area contributed by atoms with Gasteiger partial charge in [-0.05, 0) is 12.1 Å². The van der Waals surface area contributed by atoms with E-state index in [1.807, 2.05) is 6.07 Å². The number of piperazine rings is 1. The van der Waals surface area contributed by atoms with E-state index >= 15 is 0 Å². The molecule has 2 rings (SSSR count). The Morgan fingerprint density at radius 2 is 2.32 bits per heavy atom. The van der Waals surface area contributed by atoms with E-state index in [4.69, 9.17) is 0 Å². The second-order valence-corrected chi connectivity index (χ2v) is 4.44. The maximum atomic E-state index is 11.4. The Morgan fingerprint density at radius 1 is 1.53 bits per heavy atom. The highest BCUT2D eigenvalue weighted by atomic mass is 16.5. The zero-order chi connectivity index (χ0) is 13.5. The number of nitrogens with zero attached hydrogens (tertiary/aromatic N) is 2. The highest BCUT2D eigenvalue weighted by molar-refractivity contribution is 5.88. The third kappa shape index (κ3) is 4.18. The Bertz CT molecular complexity index is 419. The van der Waals surface area contributed by atoms with Crippen molar-refractivity contribution in [2.75, 3.05) is 51.7 Å². The molecule has 0 unspecified atom stereocenters. The van der Waals surface area contributed by atoms with Crippen LogP contribution in [0.2, 0.25) is 0 Å². The minimum absolute atomic E-state index is 0.328. The number of hydrogen-bond donors (Lipinski definition) is 2. The molecule has 0 saturated carbocycles. The number of aromatic nitrogens is 1. The SMILES string of the molecule is COC(=O)c1cc(NCCN2CCNCC2)ccn1. The minimum atomic E-state index is -0.411. The largest absolute Gasteiger partial charge is 0.464 e. The summed E-state index contributed by atoms with van der Waals surface area (Å²) < 4.78 is 4.65. The molecule has 0 bridgehead atoms. The molecule has 1 fully saturated rings. The molecule has 0 aromatic carbocycles. The van der Waals surface area contributed by atoms with Crippen LogP contribution in [0.1, 0.15) is 10.5 Å². The first-order chi connectivity index (χ1) is 9.29. The van der Waals surface area contributed by atoms with Gasteiger partial charge in [-0.15, -0.1) is 0 Å². The van der Waals surface area contributed by atoms with Crippen molar-refractivity contribution >= 4 is 11.7 Å². The number of rotatable bonds is 5. The molecule has 0 atom stereocenters. The van der Waals surface area contributed by atoms with Crippen LogP contribution < -0.4 is 10.6 Å². The highest BCUT2D eigenvalue weighted by Gasteiger charge is 2.09. The Morgan fingerprint density at radius 3 is 3.05 bits per heavy atom. The number of methoxy groups -OCH3 is 1. The maximum absolute atomic E-state index is 11.4. The van der Waals surface area contributed by atoms with Crippen LogP contribution in [0.5, 0.6) is 0 Å². The Labute approximate surface area is 113 Å². The van der Waals surface area contributed by atoms with E-state index in [0.717, 1.165) is 45.0 Å². The van der Waals surface area contributed by atoms with E-state index in [0.29, 0.717) is 5.69 Å². The van der Waals surface area contributed by atoms with Gasteiger partial charge in [-0.3, -0.25) is 4.90 Å². The first-order valence-electron chi connectivity index (χ1n) is 6.51. The fourth-order valence-corrected chi connectivity index (χ4v) is 2.05. The first kappa shape index (κ1) is 13.8. The lowest BCUT2D eigenvalue weighted by Gasteiger charge is -2.27. The summed E-state index contributed by atoms with van der Waals surface area (Å²) in [6.45, 7) is 6.14. The number of nitrogens with one attached hydrogen (secondary N) is 2. The van der Waals surface area contributed by atoms with Crippen molar-refractivity contribution in [2.45, 2.75) is 0 Å². The average Bonchev–Trinajstić information content (AvgIpc) is 2.48. The van der Waals surface area contributed by atoms with Crippen molar-refractivity contribution in [3.63, 3.8) is 0 Å². The molecule has 0 radical (unpaired) electrons. The van der Waals surface area contributed by atoms with Gasteiger partial charge >= 0.3 is 5.97 Å². The number of esters is 1. The summed E-state index contributed by atoms with van der Waals surface area (Å²) in [7, 11) is 1.36. The second kappa shape index (κ2) is 7.06. The van der Waals surface area contributed by atoms with Gasteiger partial charge in [0.05, 0.1) is 7.11 Å². The lowest BCUT2D eigenvalue weighted by atomic mass is 10.3. The smallest absolute Gasteiger partial charge is 0.356 e. The van der Waals surface area contributed by atoms with E-state index in [1.54, 1.807) is 12.3 Å². The quantitative estimate of drug-likeness (QED) is 0.740. The zero-order valence-electron chi connectivity index (χ0n) is 11.2. The number of pyridine rings is 1. The molecule has 6 heteroatoms. The molecule has 2 N–H and O–H groups in total. The van der Waals surface area contributed by atoms with Crippen molar-refractivity contribution in [3.8, 4) is 0 Å². The second-order valence-electron chi connectivity index (χ2n) is 4.44. The van der Waals surface area contributed by atoms with Crippen molar-refractivity contribution in [1.82, 2.24) is 15.2 Å². The maximum Gasteiger partial charge on any atom is 0.356 e. The molecule has 6 nitrogen and oxygen atoms in total. The fraction of sp³-hybridized carbons (Fsp3) is 0.538. The zero-order valence-corrected chi connectivity index (χ0v) is 11.2. The number of anilines is 1. The van der Waals surface area contributed by atoms with Gasteiger partial charge in [0.25, 0.3) is 0 Å². The van der Waals surface area contributed by atoms with Crippen LogP contribution in [0.15, 0.2) is 18.3 Å². The third-order valence-corrected chi connectivity index (χ3v) is 3.12. The van der Waals surface area contributed by atoms with Gasteiger partial charge in [0.2, 0.25) is 0 Å². The summed E-state index contributed by atoms with van der Waals surface area (Å²) in [4.78, 5) is 17.7. The van der Waals surface area contributed by atoms with Gasteiger partial charge in [0.1, 0.15) is 5.69 Å². The van der Waals surface area contributed by atoms with Crippen LogP contribution >= 0.6 is 0 Å². The molecule has 1 aliphatic rings. The minimum Gasteiger partial charge on any atom is -0.464 e. The highest BCUT2D eigenvalue weighted by Crippen LogP contribution is 2.08. The van der Waals surface area contributed by atoms with Gasteiger partial charge in [-0.1, -0.05) is 0 Å². The number of carbonyl (C=O) groups excluding carboxylic acids is 1.